The van der Waals surface area contributed by atoms with Gasteiger partial charge in [-0.3, -0.25) is 4.79 Å². The number of carbonyl (C=O) groups is 1. The minimum atomic E-state index is 0.246. The van der Waals surface area contributed by atoms with Gasteiger partial charge in [-0.1, -0.05) is 41.2 Å². The van der Waals surface area contributed by atoms with E-state index in [9.17, 15) is 4.79 Å². The van der Waals surface area contributed by atoms with Crippen molar-refractivity contribution in [2.75, 3.05) is 26.2 Å². The maximum atomic E-state index is 12.9. The minimum Gasteiger partial charge on any atom is -0.372 e. The van der Waals surface area contributed by atoms with E-state index in [0.717, 1.165) is 44.7 Å². The molecule has 1 saturated heterocycles. The van der Waals surface area contributed by atoms with Crippen molar-refractivity contribution in [3.8, 4) is 0 Å². The Bertz CT molecular complexity index is 459. The maximum absolute atomic E-state index is 12.9. The van der Waals surface area contributed by atoms with Gasteiger partial charge in [-0.15, -0.1) is 0 Å². The summed E-state index contributed by atoms with van der Waals surface area (Å²) in [4.78, 5) is 17.3. The standard InChI is InChI=1S/C21H38N2O/c1-16(2)21(20(5,6)7)10-8-18(9-11-21)19(24)23-14-12-22(13-15-23)17(3)4/h16,18H,3,8-15H2,1-2,4-7H3. The number of rotatable bonds is 3. The summed E-state index contributed by atoms with van der Waals surface area (Å²) in [6, 6.07) is 0. The van der Waals surface area contributed by atoms with Crippen LogP contribution in [0, 0.1) is 22.7 Å². The van der Waals surface area contributed by atoms with E-state index in [-0.39, 0.29) is 5.92 Å². The van der Waals surface area contributed by atoms with Crippen LogP contribution in [0.15, 0.2) is 12.3 Å². The molecule has 0 atom stereocenters. The zero-order valence-corrected chi connectivity index (χ0v) is 16.8. The van der Waals surface area contributed by atoms with Crippen LogP contribution in [0.2, 0.25) is 0 Å². The van der Waals surface area contributed by atoms with Crippen LogP contribution in [-0.4, -0.2) is 41.9 Å². The van der Waals surface area contributed by atoms with Crippen LogP contribution in [0.25, 0.3) is 0 Å². The molecule has 2 rings (SSSR count). The van der Waals surface area contributed by atoms with Gasteiger partial charge in [0, 0.05) is 37.8 Å². The summed E-state index contributed by atoms with van der Waals surface area (Å²) in [6.45, 7) is 21.5. The Morgan fingerprint density at radius 3 is 1.88 bits per heavy atom. The summed E-state index contributed by atoms with van der Waals surface area (Å²) in [5.41, 5.74) is 1.80. The summed E-state index contributed by atoms with van der Waals surface area (Å²) in [7, 11) is 0. The van der Waals surface area contributed by atoms with Crippen LogP contribution in [0.5, 0.6) is 0 Å². The van der Waals surface area contributed by atoms with Gasteiger partial charge in [0.1, 0.15) is 0 Å². The number of carbonyl (C=O) groups excluding carboxylic acids is 1. The SMILES string of the molecule is C=C(C)N1CCN(C(=O)C2CCC(C(C)C)(C(C)(C)C)CC2)CC1. The molecule has 138 valence electrons. The molecule has 0 radical (unpaired) electrons. The molecule has 3 heteroatoms. The van der Waals surface area contributed by atoms with E-state index in [0.29, 0.717) is 22.7 Å². The Labute approximate surface area is 149 Å². The van der Waals surface area contributed by atoms with Gasteiger partial charge in [-0.25, -0.2) is 0 Å². The number of amides is 1. The first kappa shape index (κ1) is 19.3. The molecule has 0 aromatic carbocycles. The first-order chi connectivity index (χ1) is 11.1. The van der Waals surface area contributed by atoms with Crippen molar-refractivity contribution in [2.24, 2.45) is 22.7 Å². The second-order valence-corrected chi connectivity index (χ2v) is 9.38. The zero-order chi connectivity index (χ0) is 18.1. The number of allylic oxidation sites excluding steroid dienone is 1. The fraction of sp³-hybridized carbons (Fsp3) is 0.857. The highest BCUT2D eigenvalue weighted by molar-refractivity contribution is 5.79. The second kappa shape index (κ2) is 7.09. The summed E-state index contributed by atoms with van der Waals surface area (Å²) >= 11 is 0. The average Bonchev–Trinajstić information content (AvgIpc) is 2.53. The van der Waals surface area contributed by atoms with Crippen LogP contribution < -0.4 is 0 Å². The molecule has 24 heavy (non-hydrogen) atoms. The molecule has 0 bridgehead atoms. The maximum Gasteiger partial charge on any atom is 0.225 e. The van der Waals surface area contributed by atoms with E-state index in [1.54, 1.807) is 0 Å². The normalized spacial score (nSPS) is 29.0. The third kappa shape index (κ3) is 3.65. The molecule has 1 aliphatic heterocycles. The Kier molecular flexibility index (Phi) is 5.71. The predicted octanol–water partition coefficient (Wildman–Crippen LogP) is 4.54. The highest BCUT2D eigenvalue weighted by Crippen LogP contribution is 2.55. The van der Waals surface area contributed by atoms with Crippen molar-refractivity contribution < 1.29 is 4.79 Å². The van der Waals surface area contributed by atoms with E-state index < -0.39 is 0 Å². The lowest BCUT2D eigenvalue weighted by atomic mass is 9.53. The Hall–Kier alpha value is -0.990. The Morgan fingerprint density at radius 2 is 1.50 bits per heavy atom. The Balaban J connectivity index is 1.95. The lowest BCUT2D eigenvalue weighted by molar-refractivity contribution is -0.140. The van der Waals surface area contributed by atoms with Crippen LogP contribution in [0.3, 0.4) is 0 Å². The second-order valence-electron chi connectivity index (χ2n) is 9.38. The van der Waals surface area contributed by atoms with E-state index in [1.807, 2.05) is 0 Å². The monoisotopic (exact) mass is 334 g/mol. The molecule has 0 aromatic heterocycles. The van der Waals surface area contributed by atoms with Gasteiger partial charge >= 0.3 is 0 Å². The topological polar surface area (TPSA) is 23.6 Å². The lowest BCUT2D eigenvalue weighted by Crippen LogP contribution is -2.51. The van der Waals surface area contributed by atoms with Gasteiger partial charge in [0.2, 0.25) is 5.91 Å². The van der Waals surface area contributed by atoms with Crippen molar-refractivity contribution in [1.29, 1.82) is 0 Å². The summed E-state index contributed by atoms with van der Waals surface area (Å²) in [5.74, 6) is 1.32. The molecule has 0 aromatic rings. The fourth-order valence-electron chi connectivity index (χ4n) is 5.14. The quantitative estimate of drug-likeness (QED) is 0.756. The average molecular weight is 335 g/mol. The zero-order valence-electron chi connectivity index (χ0n) is 16.8. The molecular formula is C21H38N2O. The molecule has 1 aliphatic carbocycles. The molecule has 0 unspecified atom stereocenters. The molecule has 1 amide bonds. The first-order valence-electron chi connectivity index (χ1n) is 9.78. The van der Waals surface area contributed by atoms with Crippen molar-refractivity contribution in [3.05, 3.63) is 12.3 Å². The van der Waals surface area contributed by atoms with Crippen LogP contribution in [0.4, 0.5) is 0 Å². The van der Waals surface area contributed by atoms with Crippen LogP contribution in [0.1, 0.15) is 67.2 Å². The van der Waals surface area contributed by atoms with E-state index in [2.05, 4.69) is 57.9 Å². The van der Waals surface area contributed by atoms with Crippen LogP contribution in [-0.2, 0) is 4.79 Å². The largest absolute Gasteiger partial charge is 0.372 e. The highest BCUT2D eigenvalue weighted by atomic mass is 16.2. The number of piperazine rings is 1. The molecule has 2 fully saturated rings. The van der Waals surface area contributed by atoms with E-state index in [1.165, 1.54) is 12.8 Å². The molecule has 0 spiro atoms. The number of hydrogen-bond donors (Lipinski definition) is 0. The van der Waals surface area contributed by atoms with Gasteiger partial charge in [0.25, 0.3) is 0 Å². The molecule has 1 heterocycles. The third-order valence-electron chi connectivity index (χ3n) is 6.96. The van der Waals surface area contributed by atoms with Gasteiger partial charge in [0.05, 0.1) is 0 Å². The lowest BCUT2D eigenvalue weighted by Gasteiger charge is -2.52. The molecule has 2 aliphatic rings. The number of hydrogen-bond acceptors (Lipinski definition) is 2. The fourth-order valence-corrected chi connectivity index (χ4v) is 5.14. The van der Waals surface area contributed by atoms with Gasteiger partial charge in [-0.2, -0.15) is 0 Å². The predicted molar refractivity (Wildman–Crippen MR) is 102 cm³/mol. The van der Waals surface area contributed by atoms with Crippen molar-refractivity contribution in [2.45, 2.75) is 67.2 Å². The van der Waals surface area contributed by atoms with E-state index in [4.69, 9.17) is 0 Å². The summed E-state index contributed by atoms with van der Waals surface area (Å²) < 4.78 is 0. The number of nitrogens with zero attached hydrogens (tertiary/aromatic N) is 2. The van der Waals surface area contributed by atoms with Crippen molar-refractivity contribution >= 4 is 5.91 Å². The molecule has 3 nitrogen and oxygen atoms in total. The summed E-state index contributed by atoms with van der Waals surface area (Å²) in [6.07, 6.45) is 4.51. The van der Waals surface area contributed by atoms with Crippen molar-refractivity contribution in [3.63, 3.8) is 0 Å². The van der Waals surface area contributed by atoms with Crippen LogP contribution >= 0.6 is 0 Å². The van der Waals surface area contributed by atoms with Gasteiger partial charge in [-0.05, 0) is 49.4 Å². The molecule has 1 saturated carbocycles. The molecule has 0 N–H and O–H groups in total. The van der Waals surface area contributed by atoms with Gasteiger partial charge < -0.3 is 9.80 Å². The van der Waals surface area contributed by atoms with E-state index >= 15 is 0 Å². The minimum absolute atomic E-state index is 0.246. The molecular weight excluding hydrogens is 296 g/mol. The summed E-state index contributed by atoms with van der Waals surface area (Å²) in [5, 5.41) is 0. The highest BCUT2D eigenvalue weighted by Gasteiger charge is 2.47. The smallest absolute Gasteiger partial charge is 0.225 e. The van der Waals surface area contributed by atoms with Crippen molar-refractivity contribution in [1.82, 2.24) is 9.80 Å². The first-order valence-corrected chi connectivity index (χ1v) is 9.78. The van der Waals surface area contributed by atoms with Gasteiger partial charge in [0.15, 0.2) is 0 Å². The Morgan fingerprint density at radius 1 is 1.04 bits per heavy atom. The third-order valence-corrected chi connectivity index (χ3v) is 6.96.